The number of rotatable bonds is 5. The maximum atomic E-state index is 11.0. The molecule has 1 heterocycles. The third-order valence-corrected chi connectivity index (χ3v) is 4.43. The van der Waals surface area contributed by atoms with E-state index in [0.717, 1.165) is 28.7 Å². The second kappa shape index (κ2) is 6.89. The number of aliphatic carboxylic acids is 1. The summed E-state index contributed by atoms with van der Waals surface area (Å²) in [6, 6.07) is 15.3. The zero-order valence-electron chi connectivity index (χ0n) is 14.2. The van der Waals surface area contributed by atoms with Crippen molar-refractivity contribution in [2.75, 3.05) is 14.2 Å². The Balaban J connectivity index is 2.06. The van der Waals surface area contributed by atoms with Gasteiger partial charge in [-0.2, -0.15) is 0 Å². The summed E-state index contributed by atoms with van der Waals surface area (Å²) in [6.45, 7) is 0. The molecule has 0 spiro atoms. The van der Waals surface area contributed by atoms with Crippen molar-refractivity contribution in [2.45, 2.75) is 18.4 Å². The van der Waals surface area contributed by atoms with E-state index in [9.17, 15) is 4.79 Å². The first-order valence-electron chi connectivity index (χ1n) is 7.99. The lowest BCUT2D eigenvalue weighted by Crippen LogP contribution is -2.26. The third kappa shape index (κ3) is 3.31. The topological polar surface area (TPSA) is 65.0 Å². The SMILES string of the molecule is COc1ccc(C2(c3ccc(OC)cc3)CC/C(=C/C(=O)O)O2)cc1. The van der Waals surface area contributed by atoms with Crippen LogP contribution in [-0.2, 0) is 15.1 Å². The third-order valence-electron chi connectivity index (χ3n) is 4.43. The number of ether oxygens (including phenoxy) is 3. The minimum absolute atomic E-state index is 0.471. The van der Waals surface area contributed by atoms with Gasteiger partial charge in [0.15, 0.2) is 5.60 Å². The van der Waals surface area contributed by atoms with Gasteiger partial charge in [-0.3, -0.25) is 0 Å². The number of hydrogen-bond donors (Lipinski definition) is 1. The lowest BCUT2D eigenvalue weighted by Gasteiger charge is -2.30. The fourth-order valence-corrected chi connectivity index (χ4v) is 3.16. The average Bonchev–Trinajstić information content (AvgIpc) is 3.06. The predicted molar refractivity (Wildman–Crippen MR) is 92.8 cm³/mol. The van der Waals surface area contributed by atoms with Crippen molar-refractivity contribution in [2.24, 2.45) is 0 Å². The lowest BCUT2D eigenvalue weighted by molar-refractivity contribution is -0.131. The van der Waals surface area contributed by atoms with Gasteiger partial charge in [0.2, 0.25) is 0 Å². The van der Waals surface area contributed by atoms with Gasteiger partial charge < -0.3 is 19.3 Å². The molecule has 0 radical (unpaired) electrons. The van der Waals surface area contributed by atoms with E-state index in [0.29, 0.717) is 18.6 Å². The summed E-state index contributed by atoms with van der Waals surface area (Å²) in [6.07, 6.45) is 2.35. The van der Waals surface area contributed by atoms with Crippen molar-refractivity contribution in [3.63, 3.8) is 0 Å². The van der Waals surface area contributed by atoms with Crippen LogP contribution in [0.15, 0.2) is 60.4 Å². The van der Waals surface area contributed by atoms with Gasteiger partial charge in [-0.25, -0.2) is 4.79 Å². The van der Waals surface area contributed by atoms with Crippen LogP contribution in [0.2, 0.25) is 0 Å². The monoisotopic (exact) mass is 340 g/mol. The summed E-state index contributed by atoms with van der Waals surface area (Å²) in [4.78, 5) is 11.0. The molecule has 1 saturated heterocycles. The number of methoxy groups -OCH3 is 2. The smallest absolute Gasteiger partial charge is 0.331 e. The van der Waals surface area contributed by atoms with Crippen molar-refractivity contribution >= 4 is 5.97 Å². The summed E-state index contributed by atoms with van der Waals surface area (Å²) in [5.74, 6) is 0.982. The van der Waals surface area contributed by atoms with Crippen LogP contribution in [0.25, 0.3) is 0 Å². The van der Waals surface area contributed by atoms with Gasteiger partial charge in [-0.05, 0) is 24.3 Å². The molecular formula is C20H20O5. The van der Waals surface area contributed by atoms with Crippen LogP contribution >= 0.6 is 0 Å². The molecule has 0 atom stereocenters. The van der Waals surface area contributed by atoms with Crippen LogP contribution in [0.5, 0.6) is 11.5 Å². The first-order valence-corrected chi connectivity index (χ1v) is 7.99. The van der Waals surface area contributed by atoms with Crippen molar-refractivity contribution in [1.29, 1.82) is 0 Å². The van der Waals surface area contributed by atoms with Crippen molar-refractivity contribution in [1.82, 2.24) is 0 Å². The predicted octanol–water partition coefficient (Wildman–Crippen LogP) is 3.73. The molecule has 2 aromatic rings. The Bertz CT molecular complexity index is 727. The molecule has 1 N–H and O–H groups in total. The van der Waals surface area contributed by atoms with Crippen molar-refractivity contribution in [3.8, 4) is 11.5 Å². The molecule has 25 heavy (non-hydrogen) atoms. The normalized spacial score (nSPS) is 17.1. The second-order valence-electron chi connectivity index (χ2n) is 5.83. The number of carboxylic acid groups (broad SMARTS) is 1. The number of carbonyl (C=O) groups is 1. The van der Waals surface area contributed by atoms with Crippen LogP contribution in [0, 0.1) is 0 Å². The Morgan fingerprint density at radius 1 is 1.00 bits per heavy atom. The summed E-state index contributed by atoms with van der Waals surface area (Å²) in [5.41, 5.74) is 1.18. The first-order chi connectivity index (χ1) is 12.1. The van der Waals surface area contributed by atoms with Gasteiger partial charge >= 0.3 is 5.97 Å². The van der Waals surface area contributed by atoms with E-state index in [1.165, 1.54) is 0 Å². The van der Waals surface area contributed by atoms with E-state index in [2.05, 4.69) is 0 Å². The maximum Gasteiger partial charge on any atom is 0.331 e. The summed E-state index contributed by atoms with van der Waals surface area (Å²) >= 11 is 0. The highest BCUT2D eigenvalue weighted by Gasteiger charge is 2.42. The van der Waals surface area contributed by atoms with E-state index >= 15 is 0 Å². The van der Waals surface area contributed by atoms with Gasteiger partial charge in [-0.1, -0.05) is 24.3 Å². The standard InChI is InChI=1S/C20H20O5/c1-23-16-7-3-14(4-8-16)20(12-11-18(25-20)13-19(21)22)15-5-9-17(24-2)10-6-15/h3-10,13H,11-12H2,1-2H3,(H,21,22)/b18-13-. The quantitative estimate of drug-likeness (QED) is 0.840. The van der Waals surface area contributed by atoms with E-state index < -0.39 is 11.6 Å². The largest absolute Gasteiger partial charge is 0.497 e. The second-order valence-corrected chi connectivity index (χ2v) is 5.83. The number of benzene rings is 2. The Morgan fingerprint density at radius 2 is 1.48 bits per heavy atom. The molecule has 1 aliphatic heterocycles. The van der Waals surface area contributed by atoms with E-state index in [1.807, 2.05) is 48.5 Å². The van der Waals surface area contributed by atoms with Crippen molar-refractivity contribution < 1.29 is 24.1 Å². The molecule has 0 aromatic heterocycles. The van der Waals surface area contributed by atoms with Gasteiger partial charge in [-0.15, -0.1) is 0 Å². The summed E-state index contributed by atoms with van der Waals surface area (Å²) < 4.78 is 16.6. The highest BCUT2D eigenvalue weighted by atomic mass is 16.5. The van der Waals surface area contributed by atoms with Crippen LogP contribution in [0.3, 0.4) is 0 Å². The zero-order chi connectivity index (χ0) is 17.9. The average molecular weight is 340 g/mol. The number of hydrogen-bond acceptors (Lipinski definition) is 4. The van der Waals surface area contributed by atoms with E-state index in [1.54, 1.807) is 14.2 Å². The molecule has 5 heteroatoms. The molecule has 130 valence electrons. The molecule has 0 aliphatic carbocycles. The fourth-order valence-electron chi connectivity index (χ4n) is 3.16. The van der Waals surface area contributed by atoms with Gasteiger partial charge in [0.1, 0.15) is 17.3 Å². The highest BCUT2D eigenvalue weighted by molar-refractivity contribution is 5.80. The molecule has 0 saturated carbocycles. The molecule has 1 fully saturated rings. The highest BCUT2D eigenvalue weighted by Crippen LogP contribution is 2.46. The fraction of sp³-hybridized carbons (Fsp3) is 0.250. The minimum atomic E-state index is -1.00. The van der Waals surface area contributed by atoms with E-state index in [-0.39, 0.29) is 0 Å². The van der Waals surface area contributed by atoms with Crippen LogP contribution in [0.4, 0.5) is 0 Å². The molecule has 5 nitrogen and oxygen atoms in total. The molecule has 0 unspecified atom stereocenters. The summed E-state index contributed by atoms with van der Waals surface area (Å²) in [5, 5.41) is 9.03. The first kappa shape index (κ1) is 16.9. The molecule has 0 amide bonds. The lowest BCUT2D eigenvalue weighted by atomic mass is 9.84. The van der Waals surface area contributed by atoms with E-state index in [4.69, 9.17) is 19.3 Å². The Hall–Kier alpha value is -2.95. The minimum Gasteiger partial charge on any atom is -0.497 e. The zero-order valence-corrected chi connectivity index (χ0v) is 14.2. The van der Waals surface area contributed by atoms with Crippen LogP contribution < -0.4 is 9.47 Å². The number of allylic oxidation sites excluding steroid dienone is 1. The molecule has 0 bridgehead atoms. The van der Waals surface area contributed by atoms with Crippen molar-refractivity contribution in [3.05, 3.63) is 71.5 Å². The Labute approximate surface area is 146 Å². The number of carboxylic acids is 1. The van der Waals surface area contributed by atoms with Gasteiger partial charge in [0, 0.05) is 24.0 Å². The Morgan fingerprint density at radius 3 is 1.88 bits per heavy atom. The Kier molecular flexibility index (Phi) is 4.65. The molecule has 1 aliphatic rings. The molecule has 3 rings (SSSR count). The van der Waals surface area contributed by atoms with Crippen LogP contribution in [-0.4, -0.2) is 25.3 Å². The van der Waals surface area contributed by atoms with Gasteiger partial charge in [0.05, 0.1) is 20.3 Å². The maximum absolute atomic E-state index is 11.0. The van der Waals surface area contributed by atoms with Crippen LogP contribution in [0.1, 0.15) is 24.0 Å². The van der Waals surface area contributed by atoms with Gasteiger partial charge in [0.25, 0.3) is 0 Å². The molecule has 2 aromatic carbocycles. The summed E-state index contributed by atoms with van der Waals surface area (Å²) in [7, 11) is 3.24. The molecular weight excluding hydrogens is 320 g/mol.